The molecule has 2 N–H and O–H groups in total. The maximum absolute atomic E-state index is 12.1. The van der Waals surface area contributed by atoms with E-state index >= 15 is 0 Å². The quantitative estimate of drug-likeness (QED) is 0.0809. The lowest BCUT2D eigenvalue weighted by Crippen LogP contribution is -2.05. The van der Waals surface area contributed by atoms with Crippen LogP contribution in [0.15, 0.2) is 176 Å². The van der Waals surface area contributed by atoms with Gasteiger partial charge in [0.15, 0.2) is 17.3 Å². The molecule has 0 fully saturated rings. The number of benzene rings is 7. The summed E-state index contributed by atoms with van der Waals surface area (Å²) in [5, 5.41) is 19.1. The molecule has 0 aliphatic heterocycles. The maximum Gasteiger partial charge on any atom is 0.167 e. The first kappa shape index (κ1) is 48.5. The highest BCUT2D eigenvalue weighted by atomic mass is 79.9. The van der Waals surface area contributed by atoms with E-state index in [4.69, 9.17) is 29.2 Å². The summed E-state index contributed by atoms with van der Waals surface area (Å²) in [7, 11) is 1.63. The van der Waals surface area contributed by atoms with Crippen LogP contribution in [0.4, 0.5) is 0 Å². The largest absolute Gasteiger partial charge is 0.507 e. The van der Waals surface area contributed by atoms with Gasteiger partial charge in [0.05, 0.1) is 12.7 Å². The van der Waals surface area contributed by atoms with Crippen molar-refractivity contribution in [2.75, 3.05) is 7.11 Å². The Morgan fingerprint density at radius 3 is 1.21 bits per heavy atom. The third kappa shape index (κ3) is 16.3. The summed E-state index contributed by atoms with van der Waals surface area (Å²) >= 11 is 3.36. The van der Waals surface area contributed by atoms with Gasteiger partial charge in [-0.05, 0) is 91.6 Å². The Kier molecular flexibility index (Phi) is 20.2. The molecule has 0 aliphatic carbocycles. The standard InChI is InChI=1S/C22H20O3.C16H16O3.C8H8O3.C7H7Br/c1-17(23)22-20(24-15-18-9-4-2-5-10-18)13-8-14-21(22)25-16-19-11-6-3-7-12-19;1-12(17)15-5-3-4-6-16(15)19-11-13-7-9-14(18-2)10-8-13;1-5(9)8-6(10)3-2-4-7(8)11;8-6-7-4-2-1-3-5-7/h2-14H,15-16H2,1H3;3-10H,11H2,1-2H3;2-4,10-11H,1H3;1-5H,6H2. The number of rotatable bonds is 14. The number of aromatic hydroxyl groups is 2. The van der Waals surface area contributed by atoms with E-state index in [0.29, 0.717) is 48.2 Å². The summed E-state index contributed by atoms with van der Waals surface area (Å²) in [5.74, 6) is 1.73. The summed E-state index contributed by atoms with van der Waals surface area (Å²) in [6.07, 6.45) is 0. The van der Waals surface area contributed by atoms with Crippen LogP contribution in [0.25, 0.3) is 0 Å². The fraction of sp³-hybridized carbons (Fsp3) is 0.151. The molecule has 0 unspecified atom stereocenters. The first-order valence-corrected chi connectivity index (χ1v) is 21.1. The summed E-state index contributed by atoms with van der Waals surface area (Å²) in [5.41, 5.74) is 5.52. The number of hydrogen-bond acceptors (Lipinski definition) is 9. The molecule has 0 amide bonds. The highest BCUT2D eigenvalue weighted by Gasteiger charge is 2.16. The Morgan fingerprint density at radius 1 is 0.429 bits per heavy atom. The van der Waals surface area contributed by atoms with Crippen LogP contribution in [-0.4, -0.2) is 34.7 Å². The zero-order valence-corrected chi connectivity index (χ0v) is 37.3. The molecule has 7 rings (SSSR count). The van der Waals surface area contributed by atoms with E-state index in [1.807, 2.05) is 121 Å². The second kappa shape index (κ2) is 26.2. The van der Waals surface area contributed by atoms with Gasteiger partial charge in [0, 0.05) is 5.33 Å². The average Bonchev–Trinajstić information content (AvgIpc) is 3.31. The van der Waals surface area contributed by atoms with Crippen LogP contribution in [-0.2, 0) is 25.2 Å². The van der Waals surface area contributed by atoms with Crippen LogP contribution in [0.3, 0.4) is 0 Å². The first-order valence-electron chi connectivity index (χ1n) is 20.0. The number of carbonyl (C=O) groups is 3. The third-order valence-electron chi connectivity index (χ3n) is 9.00. The molecule has 0 heterocycles. The molecule has 7 aromatic carbocycles. The lowest BCUT2D eigenvalue weighted by molar-refractivity contribution is 0.0996. The van der Waals surface area contributed by atoms with Crippen LogP contribution in [0.5, 0.6) is 34.5 Å². The molecule has 0 radical (unpaired) electrons. The number of methoxy groups -OCH3 is 1. The second-order valence-electron chi connectivity index (χ2n) is 13.8. The summed E-state index contributed by atoms with van der Waals surface area (Å²) in [6.45, 7) is 5.59. The van der Waals surface area contributed by atoms with Gasteiger partial charge in [-0.15, -0.1) is 0 Å². The third-order valence-corrected chi connectivity index (χ3v) is 9.65. The summed E-state index contributed by atoms with van der Waals surface area (Å²) < 4.78 is 22.5. The van der Waals surface area contributed by atoms with Crippen molar-refractivity contribution in [2.45, 2.75) is 45.9 Å². The number of phenolic OH excluding ortho intramolecular Hbond substituents is 2. The second-order valence-corrected chi connectivity index (χ2v) is 14.3. The molecule has 0 bridgehead atoms. The van der Waals surface area contributed by atoms with E-state index in [1.54, 1.807) is 31.4 Å². The van der Waals surface area contributed by atoms with Gasteiger partial charge in [-0.25, -0.2) is 0 Å². The Labute approximate surface area is 377 Å². The van der Waals surface area contributed by atoms with Gasteiger partial charge in [0.1, 0.15) is 65.4 Å². The number of phenols is 2. The van der Waals surface area contributed by atoms with E-state index in [2.05, 4.69) is 28.1 Å². The lowest BCUT2D eigenvalue weighted by atomic mass is 10.1. The predicted octanol–water partition coefficient (Wildman–Crippen LogP) is 12.4. The number of para-hydroxylation sites is 1. The number of Topliss-reactive ketones (excluding diaryl/α,β-unsaturated/α-hetero) is 3. The van der Waals surface area contributed by atoms with E-state index < -0.39 is 0 Å². The zero-order chi connectivity index (χ0) is 45.4. The van der Waals surface area contributed by atoms with Gasteiger partial charge in [0.2, 0.25) is 0 Å². The average molecular weight is 912 g/mol. The number of ketones is 3. The SMILES string of the molecule is BrCc1ccccc1.CC(=O)c1c(O)cccc1O.CC(=O)c1c(OCc2ccccc2)cccc1OCc1ccccc1.COc1ccc(COc2ccccc2C(C)=O)cc1. The van der Waals surface area contributed by atoms with Crippen LogP contribution in [0, 0.1) is 0 Å². The Balaban J connectivity index is 0.000000201. The highest BCUT2D eigenvalue weighted by molar-refractivity contribution is 9.08. The zero-order valence-electron chi connectivity index (χ0n) is 35.7. The smallest absolute Gasteiger partial charge is 0.167 e. The topological polar surface area (TPSA) is 129 Å². The van der Waals surface area contributed by atoms with Gasteiger partial charge in [-0.1, -0.05) is 143 Å². The van der Waals surface area contributed by atoms with E-state index in [9.17, 15) is 14.4 Å². The van der Waals surface area contributed by atoms with Gasteiger partial charge >= 0.3 is 0 Å². The molecular formula is C53H51BrO9. The normalized spacial score (nSPS) is 9.92. The van der Waals surface area contributed by atoms with Crippen molar-refractivity contribution < 1.29 is 43.5 Å². The minimum Gasteiger partial charge on any atom is -0.507 e. The number of carbonyl (C=O) groups excluding carboxylic acids is 3. The monoisotopic (exact) mass is 910 g/mol. The number of alkyl halides is 1. The summed E-state index contributed by atoms with van der Waals surface area (Å²) in [6, 6.07) is 54.5. The van der Waals surface area contributed by atoms with Crippen molar-refractivity contribution in [3.05, 3.63) is 215 Å². The number of ether oxygens (including phenoxy) is 4. The molecule has 0 saturated carbocycles. The molecule has 63 heavy (non-hydrogen) atoms. The van der Waals surface area contributed by atoms with Crippen LogP contribution in [0.1, 0.15) is 74.1 Å². The maximum atomic E-state index is 12.1. The van der Waals surface area contributed by atoms with Gasteiger partial charge < -0.3 is 29.2 Å². The van der Waals surface area contributed by atoms with Crippen molar-refractivity contribution in [2.24, 2.45) is 0 Å². The molecule has 0 aromatic heterocycles. The molecule has 0 atom stereocenters. The minimum absolute atomic E-state index is 0.00494. The highest BCUT2D eigenvalue weighted by Crippen LogP contribution is 2.31. The Hall–Kier alpha value is -7.17. The van der Waals surface area contributed by atoms with Gasteiger partial charge in [-0.2, -0.15) is 0 Å². The van der Waals surface area contributed by atoms with Gasteiger partial charge in [0.25, 0.3) is 0 Å². The molecule has 9 nitrogen and oxygen atoms in total. The Bertz CT molecular complexity index is 2390. The van der Waals surface area contributed by atoms with Gasteiger partial charge in [-0.3, -0.25) is 14.4 Å². The van der Waals surface area contributed by atoms with Crippen molar-refractivity contribution in [3.8, 4) is 34.5 Å². The van der Waals surface area contributed by atoms with E-state index in [-0.39, 0.29) is 34.4 Å². The molecule has 7 aromatic rings. The van der Waals surface area contributed by atoms with Crippen LogP contribution in [0.2, 0.25) is 0 Å². The summed E-state index contributed by atoms with van der Waals surface area (Å²) in [4.78, 5) is 34.4. The number of hydrogen-bond donors (Lipinski definition) is 2. The van der Waals surface area contributed by atoms with Crippen LogP contribution < -0.4 is 18.9 Å². The van der Waals surface area contributed by atoms with Crippen molar-refractivity contribution in [3.63, 3.8) is 0 Å². The fourth-order valence-electron chi connectivity index (χ4n) is 5.79. The van der Waals surface area contributed by atoms with E-state index in [1.165, 1.54) is 44.5 Å². The Morgan fingerprint density at radius 2 is 0.810 bits per heavy atom. The van der Waals surface area contributed by atoms with Crippen molar-refractivity contribution in [1.29, 1.82) is 0 Å². The molecule has 324 valence electrons. The molecular weight excluding hydrogens is 860 g/mol. The number of halogens is 1. The van der Waals surface area contributed by atoms with E-state index in [0.717, 1.165) is 27.8 Å². The van der Waals surface area contributed by atoms with Crippen molar-refractivity contribution >= 4 is 33.3 Å². The lowest BCUT2D eigenvalue weighted by Gasteiger charge is -2.15. The fourth-order valence-corrected chi connectivity index (χ4v) is 6.17. The molecule has 0 spiro atoms. The van der Waals surface area contributed by atoms with Crippen molar-refractivity contribution in [1.82, 2.24) is 0 Å². The minimum atomic E-state index is -0.347. The van der Waals surface area contributed by atoms with Crippen LogP contribution >= 0.6 is 15.9 Å². The first-order chi connectivity index (χ1) is 30.5. The molecule has 10 heteroatoms. The molecule has 0 saturated heterocycles. The molecule has 0 aliphatic rings. The predicted molar refractivity (Wildman–Crippen MR) is 251 cm³/mol.